The molecular weight excluding hydrogens is 408 g/mol. The molecule has 0 fully saturated rings. The summed E-state index contributed by atoms with van der Waals surface area (Å²) in [5, 5.41) is 24.8. The Morgan fingerprint density at radius 3 is 2.83 bits per heavy atom. The van der Waals surface area contributed by atoms with Gasteiger partial charge in [-0.25, -0.2) is 19.0 Å². The van der Waals surface area contributed by atoms with Crippen molar-refractivity contribution >= 4 is 34.0 Å². The summed E-state index contributed by atoms with van der Waals surface area (Å²) in [6.45, 7) is 0. The monoisotopic (exact) mass is 420 g/mol. The molecule has 0 aliphatic carbocycles. The van der Waals surface area contributed by atoms with Crippen molar-refractivity contribution in [3.63, 3.8) is 0 Å². The van der Waals surface area contributed by atoms with Crippen molar-refractivity contribution in [2.75, 3.05) is 7.11 Å². The van der Waals surface area contributed by atoms with Crippen LogP contribution in [0.3, 0.4) is 0 Å². The van der Waals surface area contributed by atoms with Gasteiger partial charge in [-0.1, -0.05) is 28.9 Å². The van der Waals surface area contributed by atoms with E-state index in [1.165, 1.54) is 18.0 Å². The molecule has 0 bridgehead atoms. The van der Waals surface area contributed by atoms with E-state index in [1.54, 1.807) is 35.1 Å². The molecule has 10 heteroatoms. The summed E-state index contributed by atoms with van der Waals surface area (Å²) in [6, 6.07) is 12.6. The van der Waals surface area contributed by atoms with Gasteiger partial charge in [0.05, 0.1) is 19.0 Å². The number of fused-ring (bicyclic) bond motifs is 3. The molecule has 1 N–H and O–H groups in total. The molecule has 9 nitrogen and oxygen atoms in total. The van der Waals surface area contributed by atoms with E-state index in [9.17, 15) is 9.90 Å². The van der Waals surface area contributed by atoms with Gasteiger partial charge in [0.15, 0.2) is 17.1 Å². The predicted octanol–water partition coefficient (Wildman–Crippen LogP) is 3.28. The molecule has 5 aromatic rings. The molecule has 2 aromatic carbocycles. The second kappa shape index (κ2) is 6.82. The molecule has 148 valence electrons. The van der Waals surface area contributed by atoms with Gasteiger partial charge < -0.3 is 9.84 Å². The van der Waals surface area contributed by atoms with E-state index in [0.717, 1.165) is 11.3 Å². The Labute approximate surface area is 174 Å². The number of hydrogen-bond donors (Lipinski definition) is 1. The second-order valence-corrected chi connectivity index (χ2v) is 6.91. The summed E-state index contributed by atoms with van der Waals surface area (Å²) in [6.07, 6.45) is 3.08. The molecule has 0 saturated carbocycles. The van der Waals surface area contributed by atoms with Crippen LogP contribution in [0.4, 0.5) is 0 Å². The van der Waals surface area contributed by atoms with Gasteiger partial charge in [-0.15, -0.1) is 5.10 Å². The van der Waals surface area contributed by atoms with Crippen LogP contribution in [0.15, 0.2) is 55.0 Å². The Balaban J connectivity index is 1.67. The first kappa shape index (κ1) is 18.1. The topological polar surface area (TPSA) is 107 Å². The smallest absolute Gasteiger partial charge is 0.360 e. The van der Waals surface area contributed by atoms with E-state index in [0.29, 0.717) is 27.1 Å². The number of methoxy groups -OCH3 is 1. The molecule has 0 unspecified atom stereocenters. The van der Waals surface area contributed by atoms with Crippen molar-refractivity contribution in [3.8, 4) is 22.7 Å². The minimum atomic E-state index is -0.710. The number of benzene rings is 2. The van der Waals surface area contributed by atoms with E-state index in [4.69, 9.17) is 16.3 Å². The predicted molar refractivity (Wildman–Crippen MR) is 109 cm³/mol. The molecule has 30 heavy (non-hydrogen) atoms. The Kier molecular flexibility index (Phi) is 4.11. The molecule has 0 saturated heterocycles. The Bertz CT molecular complexity index is 1440. The standard InChI is InChI=1S/C20H13ClN6O3/c1-30-20(29)17-18(28)14-6-5-11(7-15(14)19-22-10-23-27(17)19)16-9-26(25-24-16)13-4-2-3-12(21)8-13/h2-10,28H,1H3. The third-order valence-corrected chi connectivity index (χ3v) is 4.98. The van der Waals surface area contributed by atoms with Crippen molar-refractivity contribution in [1.29, 1.82) is 0 Å². The summed E-state index contributed by atoms with van der Waals surface area (Å²) < 4.78 is 7.65. The Morgan fingerprint density at radius 2 is 2.03 bits per heavy atom. The van der Waals surface area contributed by atoms with Gasteiger partial charge in [-0.3, -0.25) is 0 Å². The lowest BCUT2D eigenvalue weighted by molar-refractivity contribution is 0.0587. The van der Waals surface area contributed by atoms with Crippen LogP contribution >= 0.6 is 11.6 Å². The normalized spacial score (nSPS) is 11.3. The van der Waals surface area contributed by atoms with Crippen molar-refractivity contribution in [2.45, 2.75) is 0 Å². The van der Waals surface area contributed by atoms with Crippen molar-refractivity contribution < 1.29 is 14.6 Å². The van der Waals surface area contributed by atoms with Gasteiger partial charge in [-0.05, 0) is 30.3 Å². The lowest BCUT2D eigenvalue weighted by atomic mass is 10.0. The number of esters is 1. The number of halogens is 1. The number of rotatable bonds is 3. The molecule has 0 aliphatic rings. The number of pyridine rings is 1. The fraction of sp³-hybridized carbons (Fsp3) is 0.0500. The molecule has 3 aromatic heterocycles. The number of aromatic nitrogens is 6. The van der Waals surface area contributed by atoms with Gasteiger partial charge in [-0.2, -0.15) is 5.10 Å². The van der Waals surface area contributed by atoms with E-state index in [1.807, 2.05) is 18.2 Å². The third kappa shape index (κ3) is 2.75. The number of aromatic hydroxyl groups is 1. The van der Waals surface area contributed by atoms with Gasteiger partial charge in [0.1, 0.15) is 12.0 Å². The largest absolute Gasteiger partial charge is 0.505 e. The van der Waals surface area contributed by atoms with Crippen molar-refractivity contribution in [2.24, 2.45) is 0 Å². The first-order chi connectivity index (χ1) is 14.6. The first-order valence-electron chi connectivity index (χ1n) is 8.82. The second-order valence-electron chi connectivity index (χ2n) is 6.47. The number of carbonyl (C=O) groups excluding carboxylic acids is 1. The fourth-order valence-corrected chi connectivity index (χ4v) is 3.52. The zero-order valence-corrected chi connectivity index (χ0v) is 16.3. The molecule has 0 radical (unpaired) electrons. The van der Waals surface area contributed by atoms with Crippen LogP contribution in [0.2, 0.25) is 5.02 Å². The first-order valence-corrected chi connectivity index (χ1v) is 9.20. The van der Waals surface area contributed by atoms with Gasteiger partial charge in [0, 0.05) is 21.4 Å². The number of hydrogen-bond acceptors (Lipinski definition) is 7. The molecule has 3 heterocycles. The highest BCUT2D eigenvalue weighted by Crippen LogP contribution is 2.34. The fourth-order valence-electron chi connectivity index (χ4n) is 3.33. The molecule has 0 atom stereocenters. The van der Waals surface area contributed by atoms with Crippen LogP contribution in [0.5, 0.6) is 5.75 Å². The SMILES string of the molecule is COC(=O)c1c(O)c2ccc(-c3cn(-c4cccc(Cl)c4)nn3)cc2c2ncnn12. The minimum absolute atomic E-state index is 0.0860. The van der Waals surface area contributed by atoms with Gasteiger partial charge in [0.25, 0.3) is 0 Å². The van der Waals surface area contributed by atoms with Crippen LogP contribution in [-0.4, -0.2) is 47.8 Å². The summed E-state index contributed by atoms with van der Waals surface area (Å²) in [5.74, 6) is -0.942. The van der Waals surface area contributed by atoms with Gasteiger partial charge in [0.2, 0.25) is 0 Å². The van der Waals surface area contributed by atoms with Crippen LogP contribution in [-0.2, 0) is 4.74 Å². The summed E-state index contributed by atoms with van der Waals surface area (Å²) >= 11 is 6.06. The number of ether oxygens (including phenoxy) is 1. The van der Waals surface area contributed by atoms with E-state index in [2.05, 4.69) is 20.4 Å². The molecule has 0 spiro atoms. The molecular formula is C20H13ClN6O3. The summed E-state index contributed by atoms with van der Waals surface area (Å²) in [4.78, 5) is 16.4. The van der Waals surface area contributed by atoms with Gasteiger partial charge >= 0.3 is 5.97 Å². The van der Waals surface area contributed by atoms with E-state index in [-0.39, 0.29) is 11.4 Å². The highest BCUT2D eigenvalue weighted by molar-refractivity contribution is 6.30. The zero-order chi connectivity index (χ0) is 20.8. The third-order valence-electron chi connectivity index (χ3n) is 4.74. The maximum absolute atomic E-state index is 12.1. The summed E-state index contributed by atoms with van der Waals surface area (Å²) in [5.41, 5.74) is 2.48. The van der Waals surface area contributed by atoms with Crippen LogP contribution in [0.25, 0.3) is 33.4 Å². The Hall–Kier alpha value is -3.98. The Morgan fingerprint density at radius 1 is 1.17 bits per heavy atom. The molecule has 0 aliphatic heterocycles. The van der Waals surface area contributed by atoms with Crippen molar-refractivity contribution in [1.82, 2.24) is 29.6 Å². The quantitative estimate of drug-likeness (QED) is 0.446. The summed E-state index contributed by atoms with van der Waals surface area (Å²) in [7, 11) is 1.24. The van der Waals surface area contributed by atoms with Crippen LogP contribution in [0.1, 0.15) is 10.5 Å². The zero-order valence-electron chi connectivity index (χ0n) is 15.5. The van der Waals surface area contributed by atoms with Crippen LogP contribution in [0, 0.1) is 0 Å². The molecule has 0 amide bonds. The van der Waals surface area contributed by atoms with Crippen LogP contribution < -0.4 is 0 Å². The lowest BCUT2D eigenvalue weighted by Gasteiger charge is -2.10. The molecule has 5 rings (SSSR count). The van der Waals surface area contributed by atoms with E-state index < -0.39 is 5.97 Å². The van der Waals surface area contributed by atoms with Crippen molar-refractivity contribution in [3.05, 3.63) is 65.7 Å². The van der Waals surface area contributed by atoms with E-state index >= 15 is 0 Å². The average molecular weight is 421 g/mol. The number of carbonyl (C=O) groups is 1. The lowest BCUT2D eigenvalue weighted by Crippen LogP contribution is -2.10. The average Bonchev–Trinajstić information content (AvgIpc) is 3.43. The maximum Gasteiger partial charge on any atom is 0.360 e. The highest BCUT2D eigenvalue weighted by atomic mass is 35.5. The maximum atomic E-state index is 12.1. The minimum Gasteiger partial charge on any atom is -0.505 e. The number of nitrogens with zero attached hydrogens (tertiary/aromatic N) is 6. The highest BCUT2D eigenvalue weighted by Gasteiger charge is 2.22.